The van der Waals surface area contributed by atoms with Crippen molar-refractivity contribution >= 4 is 0 Å². The van der Waals surface area contributed by atoms with Gasteiger partial charge in [-0.2, -0.15) is 0 Å². The molecule has 6 heteroatoms. The van der Waals surface area contributed by atoms with Gasteiger partial charge >= 0.3 is 0 Å². The molecule has 6 nitrogen and oxygen atoms in total. The summed E-state index contributed by atoms with van der Waals surface area (Å²) in [7, 11) is 0. The molecule has 4 rings (SSSR count). The van der Waals surface area contributed by atoms with Crippen LogP contribution in [0.3, 0.4) is 0 Å². The lowest BCUT2D eigenvalue weighted by Gasteiger charge is -2.18. The molecule has 2 atom stereocenters. The van der Waals surface area contributed by atoms with E-state index in [0.29, 0.717) is 13.2 Å². The number of hydrogen-bond donors (Lipinski definition) is 2. The molecule has 0 spiro atoms. The molecule has 0 saturated carbocycles. The van der Waals surface area contributed by atoms with Crippen molar-refractivity contribution in [3.8, 4) is 22.6 Å². The van der Waals surface area contributed by atoms with E-state index in [-0.39, 0.29) is 12.2 Å². The van der Waals surface area contributed by atoms with Crippen molar-refractivity contribution in [2.24, 2.45) is 0 Å². The van der Waals surface area contributed by atoms with E-state index in [9.17, 15) is 10.2 Å². The third kappa shape index (κ3) is 6.51. The minimum absolute atomic E-state index is 0.165. The van der Waals surface area contributed by atoms with E-state index in [1.54, 1.807) is 0 Å². The van der Waals surface area contributed by atoms with E-state index in [2.05, 4.69) is 47.9 Å². The van der Waals surface area contributed by atoms with Crippen LogP contribution in [0.1, 0.15) is 36.8 Å². The van der Waals surface area contributed by atoms with Crippen LogP contribution in [0.25, 0.3) is 11.1 Å². The highest BCUT2D eigenvalue weighted by Gasteiger charge is 2.20. The molecule has 0 bridgehead atoms. The molecule has 2 fully saturated rings. The summed E-state index contributed by atoms with van der Waals surface area (Å²) in [5.74, 6) is 1.86. The standard InChI is InChI=1S/C28H40N2O4/c1-21-25(7-3-9-27(21)33-17-5-13-29-15-11-23(31)19-29)26-8-4-10-28(22(26)2)34-18-6-14-30-16-12-24(32)20-30/h3-4,7-10,23-24,31-32H,5-6,11-20H2,1-2H3/t23-,24-/m1/s1. The molecule has 186 valence electrons. The number of ether oxygens (including phenoxy) is 2. The van der Waals surface area contributed by atoms with Crippen molar-refractivity contribution in [3.05, 3.63) is 47.5 Å². The zero-order chi connectivity index (χ0) is 23.9. The Hall–Kier alpha value is -2.12. The number of likely N-dealkylation sites (tertiary alicyclic amines) is 2. The van der Waals surface area contributed by atoms with Gasteiger partial charge in [-0.15, -0.1) is 0 Å². The lowest BCUT2D eigenvalue weighted by molar-refractivity contribution is 0.172. The van der Waals surface area contributed by atoms with E-state index in [1.807, 2.05) is 12.1 Å². The summed E-state index contributed by atoms with van der Waals surface area (Å²) < 4.78 is 12.3. The largest absolute Gasteiger partial charge is 0.493 e. The second kappa shape index (κ2) is 12.0. The summed E-state index contributed by atoms with van der Waals surface area (Å²) in [5.41, 5.74) is 4.64. The van der Waals surface area contributed by atoms with Gasteiger partial charge in [-0.1, -0.05) is 24.3 Å². The summed E-state index contributed by atoms with van der Waals surface area (Å²) in [6, 6.07) is 12.5. The molecule has 2 aromatic carbocycles. The molecule has 2 saturated heterocycles. The van der Waals surface area contributed by atoms with E-state index in [0.717, 1.165) is 87.6 Å². The third-order valence-corrected chi connectivity index (χ3v) is 7.11. The highest BCUT2D eigenvalue weighted by molar-refractivity contribution is 5.74. The number of β-amino-alcohol motifs (C(OH)–C–C–N with tert-alkyl or cyclic N) is 2. The fourth-order valence-electron chi connectivity index (χ4n) is 5.10. The maximum absolute atomic E-state index is 9.67. The number of rotatable bonds is 11. The van der Waals surface area contributed by atoms with Crippen molar-refractivity contribution in [1.82, 2.24) is 9.80 Å². The zero-order valence-electron chi connectivity index (χ0n) is 20.7. The van der Waals surface area contributed by atoms with Crippen LogP contribution < -0.4 is 9.47 Å². The molecular weight excluding hydrogens is 428 g/mol. The maximum atomic E-state index is 9.67. The van der Waals surface area contributed by atoms with Crippen molar-refractivity contribution in [2.45, 2.75) is 51.7 Å². The molecule has 2 aliphatic heterocycles. The molecule has 0 radical (unpaired) electrons. The average molecular weight is 469 g/mol. The fraction of sp³-hybridized carbons (Fsp3) is 0.571. The summed E-state index contributed by atoms with van der Waals surface area (Å²) in [6.45, 7) is 11.1. The number of aliphatic hydroxyl groups is 2. The Balaban J connectivity index is 1.32. The molecule has 2 N–H and O–H groups in total. The van der Waals surface area contributed by atoms with Crippen LogP contribution in [0.4, 0.5) is 0 Å². The molecule has 34 heavy (non-hydrogen) atoms. The van der Waals surface area contributed by atoms with Crippen LogP contribution in [0.2, 0.25) is 0 Å². The topological polar surface area (TPSA) is 65.4 Å². The normalized spacial score (nSPS) is 21.3. The molecule has 0 unspecified atom stereocenters. The molecule has 0 aromatic heterocycles. The summed E-state index contributed by atoms with van der Waals surface area (Å²) in [5, 5.41) is 19.3. The number of hydrogen-bond acceptors (Lipinski definition) is 6. The van der Waals surface area contributed by atoms with Crippen LogP contribution in [-0.4, -0.2) is 84.7 Å². The Labute approximate surface area is 204 Å². The van der Waals surface area contributed by atoms with E-state index < -0.39 is 0 Å². The van der Waals surface area contributed by atoms with Crippen molar-refractivity contribution < 1.29 is 19.7 Å². The SMILES string of the molecule is Cc1c(OCCCN2CC[C@@H](O)C2)cccc1-c1cccc(OCCCN2CC[C@@H](O)C2)c1C. The van der Waals surface area contributed by atoms with Crippen molar-refractivity contribution in [3.63, 3.8) is 0 Å². The number of nitrogens with zero attached hydrogens (tertiary/aromatic N) is 2. The third-order valence-electron chi connectivity index (χ3n) is 7.11. The highest BCUT2D eigenvalue weighted by Crippen LogP contribution is 2.35. The van der Waals surface area contributed by atoms with Gasteiger partial charge in [-0.05, 0) is 73.9 Å². The molecule has 0 amide bonds. The average Bonchev–Trinajstić information content (AvgIpc) is 3.44. The minimum Gasteiger partial charge on any atom is -0.493 e. The van der Waals surface area contributed by atoms with Gasteiger partial charge in [0.1, 0.15) is 11.5 Å². The van der Waals surface area contributed by atoms with Crippen LogP contribution in [0.5, 0.6) is 11.5 Å². The molecular formula is C28H40N2O4. The van der Waals surface area contributed by atoms with Gasteiger partial charge in [0.2, 0.25) is 0 Å². The first-order valence-corrected chi connectivity index (χ1v) is 12.8. The van der Waals surface area contributed by atoms with Crippen LogP contribution in [0, 0.1) is 13.8 Å². The van der Waals surface area contributed by atoms with E-state index >= 15 is 0 Å². The van der Waals surface area contributed by atoms with Gasteiger partial charge in [0.25, 0.3) is 0 Å². The predicted octanol–water partition coefficient (Wildman–Crippen LogP) is 3.64. The van der Waals surface area contributed by atoms with E-state index in [4.69, 9.17) is 9.47 Å². The van der Waals surface area contributed by atoms with Gasteiger partial charge in [-0.25, -0.2) is 0 Å². The number of benzene rings is 2. The summed E-state index contributed by atoms with van der Waals surface area (Å²) in [6.07, 6.45) is 3.34. The molecule has 2 aromatic rings. The lowest BCUT2D eigenvalue weighted by atomic mass is 9.95. The summed E-state index contributed by atoms with van der Waals surface area (Å²) in [4.78, 5) is 4.61. The first kappa shape index (κ1) is 25.0. The second-order valence-electron chi connectivity index (χ2n) is 9.75. The van der Waals surface area contributed by atoms with Crippen LogP contribution in [0.15, 0.2) is 36.4 Å². The quantitative estimate of drug-likeness (QED) is 0.491. The van der Waals surface area contributed by atoms with Crippen LogP contribution >= 0.6 is 0 Å². The van der Waals surface area contributed by atoms with Gasteiger partial charge in [0, 0.05) is 39.3 Å². The Morgan fingerprint density at radius 3 is 1.56 bits per heavy atom. The summed E-state index contributed by atoms with van der Waals surface area (Å²) >= 11 is 0. The molecule has 2 heterocycles. The van der Waals surface area contributed by atoms with Gasteiger partial charge < -0.3 is 29.5 Å². The van der Waals surface area contributed by atoms with Gasteiger partial charge in [-0.3, -0.25) is 0 Å². The monoisotopic (exact) mass is 468 g/mol. The van der Waals surface area contributed by atoms with E-state index in [1.165, 1.54) is 11.1 Å². The highest BCUT2D eigenvalue weighted by atomic mass is 16.5. The second-order valence-corrected chi connectivity index (χ2v) is 9.75. The first-order chi connectivity index (χ1) is 16.5. The Morgan fingerprint density at radius 1 is 0.735 bits per heavy atom. The Morgan fingerprint density at radius 2 is 1.18 bits per heavy atom. The number of aliphatic hydroxyl groups excluding tert-OH is 2. The predicted molar refractivity (Wildman–Crippen MR) is 136 cm³/mol. The molecule has 0 aliphatic carbocycles. The zero-order valence-corrected chi connectivity index (χ0v) is 20.7. The van der Waals surface area contributed by atoms with Crippen molar-refractivity contribution in [2.75, 3.05) is 52.5 Å². The fourth-order valence-corrected chi connectivity index (χ4v) is 5.10. The smallest absolute Gasteiger partial charge is 0.122 e. The van der Waals surface area contributed by atoms with Crippen molar-refractivity contribution in [1.29, 1.82) is 0 Å². The van der Waals surface area contributed by atoms with Crippen LogP contribution in [-0.2, 0) is 0 Å². The maximum Gasteiger partial charge on any atom is 0.122 e. The minimum atomic E-state index is -0.165. The first-order valence-electron chi connectivity index (χ1n) is 12.8. The Bertz CT molecular complexity index is 859. The Kier molecular flexibility index (Phi) is 8.84. The van der Waals surface area contributed by atoms with Gasteiger partial charge in [0.15, 0.2) is 0 Å². The molecule has 2 aliphatic rings. The lowest BCUT2D eigenvalue weighted by Crippen LogP contribution is -2.24. The van der Waals surface area contributed by atoms with Gasteiger partial charge in [0.05, 0.1) is 25.4 Å².